The second-order valence-corrected chi connectivity index (χ2v) is 9.28. The fraction of sp³-hybridized carbons (Fsp3) is 0.296. The van der Waals surface area contributed by atoms with Gasteiger partial charge in [0.15, 0.2) is 0 Å². The zero-order valence-corrected chi connectivity index (χ0v) is 18.6. The van der Waals surface area contributed by atoms with Crippen LogP contribution in [0.4, 0.5) is 0 Å². The summed E-state index contributed by atoms with van der Waals surface area (Å²) in [6, 6.07) is 23.3. The lowest BCUT2D eigenvalue weighted by molar-refractivity contribution is 0.0940. The number of hydrogen-bond donors (Lipinski definition) is 1. The summed E-state index contributed by atoms with van der Waals surface area (Å²) in [6.07, 6.45) is 4.90. The third kappa shape index (κ3) is 5.14. The lowest BCUT2D eigenvalue weighted by Crippen LogP contribution is -2.26. The fourth-order valence-electron chi connectivity index (χ4n) is 3.94. The first-order chi connectivity index (χ1) is 14.6. The topological polar surface area (TPSA) is 29.1 Å². The Morgan fingerprint density at radius 2 is 1.63 bits per heavy atom. The number of carbonyl (C=O) groups excluding carboxylic acids is 1. The van der Waals surface area contributed by atoms with Gasteiger partial charge in [-0.2, -0.15) is 0 Å². The number of benzene rings is 3. The van der Waals surface area contributed by atoms with Crippen molar-refractivity contribution in [3.63, 3.8) is 0 Å². The molecule has 0 saturated carbocycles. The fourth-order valence-corrected chi connectivity index (χ4v) is 4.79. The van der Waals surface area contributed by atoms with Crippen molar-refractivity contribution in [1.82, 2.24) is 5.32 Å². The summed E-state index contributed by atoms with van der Waals surface area (Å²) in [5.41, 5.74) is 7.33. The Bertz CT molecular complexity index is 1010. The molecule has 0 radical (unpaired) electrons. The molecule has 1 unspecified atom stereocenters. The first-order valence-electron chi connectivity index (χ1n) is 10.8. The van der Waals surface area contributed by atoms with Crippen LogP contribution in [0, 0.1) is 6.92 Å². The van der Waals surface area contributed by atoms with Crippen LogP contribution in [0.2, 0.25) is 0 Å². The predicted molar refractivity (Wildman–Crippen MR) is 126 cm³/mol. The standard InChI is InChI=1S/C27H29NOS/c1-19-7-15-26(16-8-19)30-18-21-9-11-23(12-10-21)27(29)28-20(2)24-14-13-22-5-3-4-6-25(22)17-24/h7-17,20H,3-6,18H2,1-2H3,(H,28,29). The monoisotopic (exact) mass is 415 g/mol. The van der Waals surface area contributed by atoms with Gasteiger partial charge < -0.3 is 5.32 Å². The minimum atomic E-state index is -0.0158. The summed E-state index contributed by atoms with van der Waals surface area (Å²) >= 11 is 1.81. The van der Waals surface area contributed by atoms with Gasteiger partial charge in [-0.1, -0.05) is 48.0 Å². The lowest BCUT2D eigenvalue weighted by Gasteiger charge is -2.20. The highest BCUT2D eigenvalue weighted by Gasteiger charge is 2.15. The Balaban J connectivity index is 1.34. The molecule has 4 rings (SSSR count). The Morgan fingerprint density at radius 1 is 0.933 bits per heavy atom. The van der Waals surface area contributed by atoms with E-state index in [9.17, 15) is 4.79 Å². The summed E-state index contributed by atoms with van der Waals surface area (Å²) in [4.78, 5) is 14.0. The molecule has 1 amide bonds. The van der Waals surface area contributed by atoms with Crippen molar-refractivity contribution in [2.45, 2.75) is 56.2 Å². The van der Waals surface area contributed by atoms with Gasteiger partial charge in [0.05, 0.1) is 6.04 Å². The van der Waals surface area contributed by atoms with Gasteiger partial charge in [0, 0.05) is 16.2 Å². The van der Waals surface area contributed by atoms with Crippen molar-refractivity contribution in [2.24, 2.45) is 0 Å². The summed E-state index contributed by atoms with van der Waals surface area (Å²) in [5.74, 6) is 0.884. The maximum Gasteiger partial charge on any atom is 0.251 e. The maximum absolute atomic E-state index is 12.7. The lowest BCUT2D eigenvalue weighted by atomic mass is 9.89. The molecule has 1 N–H and O–H groups in total. The minimum Gasteiger partial charge on any atom is -0.346 e. The summed E-state index contributed by atoms with van der Waals surface area (Å²) in [6.45, 7) is 4.17. The van der Waals surface area contributed by atoms with Crippen molar-refractivity contribution < 1.29 is 4.79 Å². The average molecular weight is 416 g/mol. The largest absolute Gasteiger partial charge is 0.346 e. The first kappa shape index (κ1) is 20.7. The molecule has 0 aliphatic heterocycles. The smallest absolute Gasteiger partial charge is 0.251 e. The third-order valence-corrected chi connectivity index (χ3v) is 6.95. The van der Waals surface area contributed by atoms with E-state index in [0.29, 0.717) is 5.56 Å². The molecule has 0 aromatic heterocycles. The van der Waals surface area contributed by atoms with Gasteiger partial charge in [-0.05, 0) is 86.1 Å². The minimum absolute atomic E-state index is 0.00139. The number of fused-ring (bicyclic) bond motifs is 1. The van der Waals surface area contributed by atoms with E-state index in [1.165, 1.54) is 52.0 Å². The van der Waals surface area contributed by atoms with Crippen LogP contribution in [0.5, 0.6) is 0 Å². The molecule has 2 nitrogen and oxygen atoms in total. The van der Waals surface area contributed by atoms with Crippen molar-refractivity contribution in [1.29, 1.82) is 0 Å². The van der Waals surface area contributed by atoms with E-state index < -0.39 is 0 Å². The maximum atomic E-state index is 12.7. The number of carbonyl (C=O) groups is 1. The van der Waals surface area contributed by atoms with E-state index in [0.717, 1.165) is 12.2 Å². The molecule has 0 spiro atoms. The summed E-state index contributed by atoms with van der Waals surface area (Å²) < 4.78 is 0. The normalized spacial score (nSPS) is 14.1. The zero-order chi connectivity index (χ0) is 20.9. The van der Waals surface area contributed by atoms with Gasteiger partial charge in [-0.3, -0.25) is 4.79 Å². The molecule has 0 fully saturated rings. The van der Waals surface area contributed by atoms with Crippen LogP contribution < -0.4 is 5.32 Å². The quantitative estimate of drug-likeness (QED) is 0.456. The van der Waals surface area contributed by atoms with Crippen LogP contribution in [0.25, 0.3) is 0 Å². The summed E-state index contributed by atoms with van der Waals surface area (Å²) in [5, 5.41) is 3.16. The van der Waals surface area contributed by atoms with Crippen molar-refractivity contribution in [3.05, 3.63) is 100 Å². The number of nitrogens with one attached hydrogen (secondary N) is 1. The molecular weight excluding hydrogens is 386 g/mol. The van der Waals surface area contributed by atoms with E-state index in [1.54, 1.807) is 0 Å². The van der Waals surface area contributed by atoms with Crippen LogP contribution in [-0.2, 0) is 18.6 Å². The van der Waals surface area contributed by atoms with E-state index in [1.807, 2.05) is 23.9 Å². The Kier molecular flexibility index (Phi) is 6.59. The molecule has 30 heavy (non-hydrogen) atoms. The number of rotatable bonds is 6. The zero-order valence-electron chi connectivity index (χ0n) is 17.8. The van der Waals surface area contributed by atoms with Crippen LogP contribution >= 0.6 is 11.8 Å². The molecule has 3 aromatic carbocycles. The second kappa shape index (κ2) is 9.53. The van der Waals surface area contributed by atoms with Crippen molar-refractivity contribution in [2.75, 3.05) is 0 Å². The highest BCUT2D eigenvalue weighted by molar-refractivity contribution is 7.98. The predicted octanol–water partition coefficient (Wildman–Crippen LogP) is 6.66. The Labute approximate surface area is 184 Å². The van der Waals surface area contributed by atoms with E-state index in [2.05, 4.69) is 73.8 Å². The van der Waals surface area contributed by atoms with E-state index in [-0.39, 0.29) is 11.9 Å². The van der Waals surface area contributed by atoms with E-state index >= 15 is 0 Å². The summed E-state index contributed by atoms with van der Waals surface area (Å²) in [7, 11) is 0. The molecule has 0 saturated heterocycles. The molecule has 3 aromatic rings. The van der Waals surface area contributed by atoms with Gasteiger partial charge >= 0.3 is 0 Å². The van der Waals surface area contributed by atoms with Crippen LogP contribution in [0.3, 0.4) is 0 Å². The Morgan fingerprint density at radius 3 is 2.37 bits per heavy atom. The van der Waals surface area contributed by atoms with Gasteiger partial charge in [-0.15, -0.1) is 11.8 Å². The number of thioether (sulfide) groups is 1. The van der Waals surface area contributed by atoms with Gasteiger partial charge in [0.1, 0.15) is 0 Å². The molecule has 1 atom stereocenters. The van der Waals surface area contributed by atoms with Crippen molar-refractivity contribution in [3.8, 4) is 0 Å². The molecule has 0 bridgehead atoms. The van der Waals surface area contributed by atoms with Crippen LogP contribution in [-0.4, -0.2) is 5.91 Å². The number of hydrogen-bond acceptors (Lipinski definition) is 2. The van der Waals surface area contributed by atoms with Gasteiger partial charge in [-0.25, -0.2) is 0 Å². The molecule has 1 aliphatic carbocycles. The highest BCUT2D eigenvalue weighted by atomic mass is 32.2. The van der Waals surface area contributed by atoms with Gasteiger partial charge in [0.2, 0.25) is 0 Å². The Hall–Kier alpha value is -2.52. The number of aryl methyl sites for hydroxylation is 3. The van der Waals surface area contributed by atoms with Crippen molar-refractivity contribution >= 4 is 17.7 Å². The molecule has 3 heteroatoms. The molecular formula is C27H29NOS. The van der Waals surface area contributed by atoms with Crippen LogP contribution in [0.15, 0.2) is 71.6 Å². The molecule has 154 valence electrons. The highest BCUT2D eigenvalue weighted by Crippen LogP contribution is 2.25. The molecule has 1 aliphatic rings. The first-order valence-corrected chi connectivity index (χ1v) is 11.8. The number of amides is 1. The van der Waals surface area contributed by atoms with E-state index in [4.69, 9.17) is 0 Å². The SMILES string of the molecule is Cc1ccc(SCc2ccc(C(=O)NC(C)c3ccc4c(c3)CCCC4)cc2)cc1. The van der Waals surface area contributed by atoms with Crippen LogP contribution in [0.1, 0.15) is 64.0 Å². The second-order valence-electron chi connectivity index (χ2n) is 8.23. The molecule has 0 heterocycles. The van der Waals surface area contributed by atoms with Gasteiger partial charge in [0.25, 0.3) is 5.91 Å². The average Bonchev–Trinajstić information content (AvgIpc) is 2.78. The third-order valence-electron chi connectivity index (χ3n) is 5.86.